The van der Waals surface area contributed by atoms with Crippen molar-refractivity contribution in [1.29, 1.82) is 5.26 Å². The summed E-state index contributed by atoms with van der Waals surface area (Å²) < 4.78 is 0. The van der Waals surface area contributed by atoms with Crippen LogP contribution in [-0.2, 0) is 0 Å². The summed E-state index contributed by atoms with van der Waals surface area (Å²) in [6.07, 6.45) is 8.34. The van der Waals surface area contributed by atoms with E-state index in [0.29, 0.717) is 0 Å². The van der Waals surface area contributed by atoms with Crippen molar-refractivity contribution in [2.75, 3.05) is 11.4 Å². The van der Waals surface area contributed by atoms with E-state index in [1.54, 1.807) is 0 Å². The molecule has 1 aromatic rings. The van der Waals surface area contributed by atoms with Crippen molar-refractivity contribution >= 4 is 5.69 Å². The summed E-state index contributed by atoms with van der Waals surface area (Å²) >= 11 is 0. The van der Waals surface area contributed by atoms with Gasteiger partial charge in [-0.25, -0.2) is 0 Å². The van der Waals surface area contributed by atoms with Gasteiger partial charge in [0.1, 0.15) is 0 Å². The van der Waals surface area contributed by atoms with Crippen LogP contribution in [-0.4, -0.2) is 12.6 Å². The average molecular weight is 240 g/mol. The second-order valence-corrected chi connectivity index (χ2v) is 5.61. The Bertz CT molecular complexity index is 437. The molecule has 1 aliphatic carbocycles. The highest BCUT2D eigenvalue weighted by molar-refractivity contribution is 5.51. The largest absolute Gasteiger partial charge is 0.368 e. The third-order valence-corrected chi connectivity index (χ3v) is 4.57. The van der Waals surface area contributed by atoms with Gasteiger partial charge in [0.25, 0.3) is 0 Å². The van der Waals surface area contributed by atoms with Gasteiger partial charge >= 0.3 is 0 Å². The van der Waals surface area contributed by atoms with E-state index in [1.165, 1.54) is 50.8 Å². The molecule has 1 atom stereocenters. The zero-order valence-electron chi connectivity index (χ0n) is 10.8. The van der Waals surface area contributed by atoms with Gasteiger partial charge in [0.2, 0.25) is 0 Å². The van der Waals surface area contributed by atoms with Gasteiger partial charge in [-0.15, -0.1) is 0 Å². The maximum Gasteiger partial charge on any atom is 0.0991 e. The molecule has 0 N–H and O–H groups in total. The minimum Gasteiger partial charge on any atom is -0.368 e. The molecule has 2 aliphatic rings. The molecule has 1 saturated carbocycles. The second-order valence-electron chi connectivity index (χ2n) is 5.61. The number of rotatable bonds is 2. The van der Waals surface area contributed by atoms with Gasteiger partial charge < -0.3 is 4.90 Å². The van der Waals surface area contributed by atoms with Crippen LogP contribution in [0.5, 0.6) is 0 Å². The number of hydrogen-bond acceptors (Lipinski definition) is 2. The van der Waals surface area contributed by atoms with Gasteiger partial charge in [-0.05, 0) is 55.9 Å². The quantitative estimate of drug-likeness (QED) is 0.787. The molecular formula is C16H20N2. The Balaban J connectivity index is 1.79. The lowest BCUT2D eigenvalue weighted by molar-refractivity contribution is 0.431. The molecule has 2 heteroatoms. The summed E-state index contributed by atoms with van der Waals surface area (Å²) in [7, 11) is 0. The molecule has 0 bridgehead atoms. The van der Waals surface area contributed by atoms with Crippen molar-refractivity contribution in [1.82, 2.24) is 0 Å². The van der Waals surface area contributed by atoms with Crippen LogP contribution in [0, 0.1) is 17.2 Å². The normalized spacial score (nSPS) is 24.4. The molecule has 3 rings (SSSR count). The Morgan fingerprint density at radius 2 is 1.72 bits per heavy atom. The molecule has 0 amide bonds. The van der Waals surface area contributed by atoms with E-state index in [0.717, 1.165) is 17.5 Å². The Morgan fingerprint density at radius 1 is 1.00 bits per heavy atom. The predicted molar refractivity (Wildman–Crippen MR) is 73.5 cm³/mol. The van der Waals surface area contributed by atoms with Crippen molar-refractivity contribution in [2.45, 2.75) is 44.6 Å². The molecule has 1 aromatic carbocycles. The van der Waals surface area contributed by atoms with Crippen molar-refractivity contribution in [3.8, 4) is 6.07 Å². The molecule has 1 aliphatic heterocycles. The topological polar surface area (TPSA) is 27.0 Å². The highest BCUT2D eigenvalue weighted by atomic mass is 15.2. The number of hydrogen-bond donors (Lipinski definition) is 0. The van der Waals surface area contributed by atoms with E-state index in [-0.39, 0.29) is 0 Å². The Kier molecular flexibility index (Phi) is 3.23. The Morgan fingerprint density at radius 3 is 2.39 bits per heavy atom. The molecule has 1 saturated heterocycles. The fourth-order valence-corrected chi connectivity index (χ4v) is 3.67. The van der Waals surface area contributed by atoms with E-state index >= 15 is 0 Å². The fraction of sp³-hybridized carbons (Fsp3) is 0.562. The highest BCUT2D eigenvalue weighted by Crippen LogP contribution is 2.37. The lowest BCUT2D eigenvalue weighted by Crippen LogP contribution is -2.34. The van der Waals surface area contributed by atoms with Crippen LogP contribution in [0.1, 0.15) is 44.1 Å². The molecule has 1 heterocycles. The van der Waals surface area contributed by atoms with Crippen LogP contribution < -0.4 is 4.90 Å². The maximum absolute atomic E-state index is 8.85. The number of nitriles is 1. The summed E-state index contributed by atoms with van der Waals surface area (Å²) in [4.78, 5) is 2.58. The van der Waals surface area contributed by atoms with Gasteiger partial charge in [0.15, 0.2) is 0 Å². The van der Waals surface area contributed by atoms with Crippen molar-refractivity contribution in [2.24, 2.45) is 5.92 Å². The van der Waals surface area contributed by atoms with E-state index in [1.807, 2.05) is 12.1 Å². The number of anilines is 1. The molecule has 0 aromatic heterocycles. The van der Waals surface area contributed by atoms with Crippen LogP contribution >= 0.6 is 0 Å². The van der Waals surface area contributed by atoms with Crippen molar-refractivity contribution in [3.05, 3.63) is 29.8 Å². The monoisotopic (exact) mass is 240 g/mol. The number of benzene rings is 1. The summed E-state index contributed by atoms with van der Waals surface area (Å²) in [5, 5.41) is 8.85. The van der Waals surface area contributed by atoms with Crippen molar-refractivity contribution in [3.63, 3.8) is 0 Å². The van der Waals surface area contributed by atoms with Crippen LogP contribution in [0.2, 0.25) is 0 Å². The van der Waals surface area contributed by atoms with E-state index in [9.17, 15) is 0 Å². The summed E-state index contributed by atoms with van der Waals surface area (Å²) in [6.45, 7) is 1.19. The standard InChI is InChI=1S/C16H20N2/c17-12-13-7-9-15(10-8-13)18-11-3-6-16(18)14-4-1-2-5-14/h7-10,14,16H,1-6,11H2. The van der Waals surface area contributed by atoms with Crippen LogP contribution in [0.25, 0.3) is 0 Å². The molecule has 1 unspecified atom stereocenters. The summed E-state index contributed by atoms with van der Waals surface area (Å²) in [6, 6.07) is 11.1. The highest BCUT2D eigenvalue weighted by Gasteiger charge is 2.33. The zero-order valence-corrected chi connectivity index (χ0v) is 10.8. The molecule has 2 fully saturated rings. The molecular weight excluding hydrogens is 220 g/mol. The third kappa shape index (κ3) is 2.10. The van der Waals surface area contributed by atoms with E-state index in [4.69, 9.17) is 5.26 Å². The minimum atomic E-state index is 0.750. The lowest BCUT2D eigenvalue weighted by Gasteiger charge is -2.31. The maximum atomic E-state index is 8.85. The van der Waals surface area contributed by atoms with E-state index < -0.39 is 0 Å². The average Bonchev–Trinajstić information content (AvgIpc) is 3.09. The van der Waals surface area contributed by atoms with Crippen LogP contribution in [0.3, 0.4) is 0 Å². The SMILES string of the molecule is N#Cc1ccc(N2CCCC2C2CCCC2)cc1. The second kappa shape index (κ2) is 5.02. The molecule has 0 radical (unpaired) electrons. The van der Waals surface area contributed by atoms with E-state index in [2.05, 4.69) is 23.1 Å². The summed E-state index contributed by atoms with van der Waals surface area (Å²) in [5.41, 5.74) is 2.07. The molecule has 2 nitrogen and oxygen atoms in total. The minimum absolute atomic E-state index is 0.750. The summed E-state index contributed by atoms with van der Waals surface area (Å²) in [5.74, 6) is 0.906. The predicted octanol–water partition coefficient (Wildman–Crippen LogP) is 3.72. The van der Waals surface area contributed by atoms with Crippen LogP contribution in [0.4, 0.5) is 5.69 Å². The lowest BCUT2D eigenvalue weighted by atomic mass is 9.95. The molecule has 18 heavy (non-hydrogen) atoms. The van der Waals surface area contributed by atoms with Gasteiger partial charge in [-0.2, -0.15) is 5.26 Å². The first-order valence-electron chi connectivity index (χ1n) is 7.15. The smallest absolute Gasteiger partial charge is 0.0991 e. The zero-order chi connectivity index (χ0) is 12.4. The molecule has 0 spiro atoms. The third-order valence-electron chi connectivity index (χ3n) is 4.57. The van der Waals surface area contributed by atoms with Crippen LogP contribution in [0.15, 0.2) is 24.3 Å². The first-order valence-corrected chi connectivity index (χ1v) is 7.15. The fourth-order valence-electron chi connectivity index (χ4n) is 3.67. The van der Waals surface area contributed by atoms with Gasteiger partial charge in [-0.1, -0.05) is 12.8 Å². The van der Waals surface area contributed by atoms with Gasteiger partial charge in [0, 0.05) is 18.3 Å². The first-order chi connectivity index (χ1) is 8.88. The van der Waals surface area contributed by atoms with Gasteiger partial charge in [0.05, 0.1) is 11.6 Å². The Labute approximate surface area is 109 Å². The number of nitrogens with zero attached hydrogens (tertiary/aromatic N) is 2. The Hall–Kier alpha value is -1.49. The molecule has 94 valence electrons. The van der Waals surface area contributed by atoms with Gasteiger partial charge in [-0.3, -0.25) is 0 Å². The van der Waals surface area contributed by atoms with Crippen molar-refractivity contribution < 1.29 is 0 Å². The first kappa shape index (κ1) is 11.6.